The number of likely N-dealkylation sites (N-methyl/N-ethyl adjacent to an activating group) is 1. The lowest BCUT2D eigenvalue weighted by molar-refractivity contribution is -1.00. The van der Waals surface area contributed by atoms with Gasteiger partial charge in [0.15, 0.2) is 0 Å². The second-order valence-electron chi connectivity index (χ2n) is 5.94. The zero-order valence-electron chi connectivity index (χ0n) is 12.7. The van der Waals surface area contributed by atoms with Gasteiger partial charge in [0.1, 0.15) is 38.8 Å². The van der Waals surface area contributed by atoms with E-state index in [-0.39, 0.29) is 12.1 Å². The monoisotopic (exact) mass is 278 g/mol. The molecule has 2 N–H and O–H groups in total. The number of nitrogens with one attached hydrogen (secondary N) is 2. The summed E-state index contributed by atoms with van der Waals surface area (Å²) in [4.78, 5) is 15.3. The summed E-state index contributed by atoms with van der Waals surface area (Å²) in [6.45, 7) is 9.58. The van der Waals surface area contributed by atoms with E-state index in [1.165, 1.54) is 13.1 Å². The fourth-order valence-electron chi connectivity index (χ4n) is 2.73. The molecule has 1 aromatic rings. The van der Waals surface area contributed by atoms with Crippen molar-refractivity contribution in [1.29, 1.82) is 0 Å². The van der Waals surface area contributed by atoms with Crippen LogP contribution in [0.4, 0.5) is 0 Å². The van der Waals surface area contributed by atoms with Crippen molar-refractivity contribution in [3.05, 3.63) is 35.4 Å². The van der Waals surface area contributed by atoms with Crippen LogP contribution < -0.4 is 9.80 Å². The predicted octanol–water partition coefficient (Wildman–Crippen LogP) is -1.05. The topological polar surface area (TPSA) is 35.2 Å². The normalized spacial score (nSPS) is 24.1. The highest BCUT2D eigenvalue weighted by Gasteiger charge is 2.23. The molecule has 0 bridgehead atoms. The van der Waals surface area contributed by atoms with E-state index >= 15 is 0 Å². The summed E-state index contributed by atoms with van der Waals surface area (Å²) in [6.07, 6.45) is -0.0319. The largest absolute Gasteiger partial charge is 0.453 e. The Balaban J connectivity index is 1.84. The van der Waals surface area contributed by atoms with E-state index in [1.807, 2.05) is 38.1 Å². The maximum Gasteiger partial charge on any atom is 0.338 e. The lowest BCUT2D eigenvalue weighted by Gasteiger charge is -2.28. The molecule has 20 heavy (non-hydrogen) atoms. The molecule has 0 radical (unpaired) electrons. The molecule has 1 atom stereocenters. The average molecular weight is 278 g/mol. The smallest absolute Gasteiger partial charge is 0.338 e. The van der Waals surface area contributed by atoms with Crippen LogP contribution in [0.1, 0.15) is 22.8 Å². The third-order valence-electron chi connectivity index (χ3n) is 4.06. The van der Waals surface area contributed by atoms with Crippen molar-refractivity contribution in [3.63, 3.8) is 0 Å². The fourth-order valence-corrected chi connectivity index (χ4v) is 2.73. The molecule has 1 heterocycles. The van der Waals surface area contributed by atoms with Gasteiger partial charge in [-0.25, -0.2) is 4.79 Å². The highest BCUT2D eigenvalue weighted by molar-refractivity contribution is 5.91. The van der Waals surface area contributed by atoms with E-state index in [0.717, 1.165) is 25.2 Å². The van der Waals surface area contributed by atoms with Gasteiger partial charge in [-0.05, 0) is 25.5 Å². The number of quaternary nitrogens is 2. The minimum atomic E-state index is -0.199. The van der Waals surface area contributed by atoms with Gasteiger partial charge >= 0.3 is 5.97 Å². The van der Waals surface area contributed by atoms with Crippen LogP contribution in [-0.4, -0.2) is 51.8 Å². The van der Waals surface area contributed by atoms with Crippen LogP contribution >= 0.6 is 0 Å². The zero-order valence-corrected chi connectivity index (χ0v) is 12.7. The highest BCUT2D eigenvalue weighted by atomic mass is 16.5. The summed E-state index contributed by atoms with van der Waals surface area (Å²) in [5, 5.41) is 0. The minimum Gasteiger partial charge on any atom is -0.453 e. The molecular weight excluding hydrogens is 252 g/mol. The summed E-state index contributed by atoms with van der Waals surface area (Å²) < 4.78 is 5.58. The maximum absolute atomic E-state index is 12.1. The van der Waals surface area contributed by atoms with Crippen LogP contribution in [0.2, 0.25) is 0 Å². The molecule has 110 valence electrons. The highest BCUT2D eigenvalue weighted by Crippen LogP contribution is 2.09. The fraction of sp³-hybridized carbons (Fsp3) is 0.562. The molecular formula is C16H26N2O2+2. The first-order chi connectivity index (χ1) is 9.56. The molecule has 4 heteroatoms. The third kappa shape index (κ3) is 4.05. The molecule has 0 amide bonds. The SMILES string of the molecule is Cc1ccccc1C(=O)OC(C)C[NH+]1CC[NH+](C)CC1. The molecule has 0 spiro atoms. The van der Waals surface area contributed by atoms with Crippen LogP contribution in [0, 0.1) is 6.92 Å². The van der Waals surface area contributed by atoms with Crippen LogP contribution in [0.15, 0.2) is 24.3 Å². The molecule has 0 saturated carbocycles. The standard InChI is InChI=1S/C16H24N2O2/c1-13-6-4-5-7-15(13)16(19)20-14(2)12-18-10-8-17(3)9-11-18/h4-7,14H,8-12H2,1-3H3/p+2. The number of esters is 1. The van der Waals surface area contributed by atoms with E-state index in [1.54, 1.807) is 9.80 Å². The lowest BCUT2D eigenvalue weighted by atomic mass is 10.1. The number of rotatable bonds is 4. The van der Waals surface area contributed by atoms with Crippen molar-refractivity contribution >= 4 is 5.97 Å². The molecule has 0 aromatic heterocycles. The van der Waals surface area contributed by atoms with Gasteiger partial charge in [0.2, 0.25) is 0 Å². The Hall–Kier alpha value is -1.39. The quantitative estimate of drug-likeness (QED) is 0.690. The number of hydrogen-bond donors (Lipinski definition) is 2. The molecule has 1 saturated heterocycles. The van der Waals surface area contributed by atoms with E-state index in [4.69, 9.17) is 4.74 Å². The van der Waals surface area contributed by atoms with E-state index in [9.17, 15) is 4.79 Å². The Labute approximate surface area is 121 Å². The van der Waals surface area contributed by atoms with Gasteiger partial charge in [-0.2, -0.15) is 0 Å². The molecule has 1 aromatic carbocycles. The lowest BCUT2D eigenvalue weighted by Crippen LogP contribution is -3.27. The van der Waals surface area contributed by atoms with E-state index in [2.05, 4.69) is 7.05 Å². The molecule has 1 aliphatic heterocycles. The van der Waals surface area contributed by atoms with E-state index in [0.29, 0.717) is 5.56 Å². The van der Waals surface area contributed by atoms with E-state index < -0.39 is 0 Å². The van der Waals surface area contributed by atoms with Crippen LogP contribution in [0.5, 0.6) is 0 Å². The number of hydrogen-bond acceptors (Lipinski definition) is 2. The summed E-state index contributed by atoms with van der Waals surface area (Å²) in [5.74, 6) is -0.199. The molecule has 4 nitrogen and oxygen atoms in total. The van der Waals surface area contributed by atoms with Gasteiger partial charge in [0, 0.05) is 0 Å². The van der Waals surface area contributed by atoms with Crippen LogP contribution in [0.3, 0.4) is 0 Å². The molecule has 2 rings (SSSR count). The summed E-state index contributed by atoms with van der Waals surface area (Å²) >= 11 is 0. The number of carbonyl (C=O) groups excluding carboxylic acids is 1. The van der Waals surface area contributed by atoms with Crippen molar-refractivity contribution in [1.82, 2.24) is 0 Å². The number of piperazine rings is 1. The first-order valence-electron chi connectivity index (χ1n) is 7.47. The second-order valence-corrected chi connectivity index (χ2v) is 5.94. The Bertz CT molecular complexity index is 454. The van der Waals surface area contributed by atoms with Crippen molar-refractivity contribution in [2.24, 2.45) is 0 Å². The van der Waals surface area contributed by atoms with Gasteiger partial charge in [-0.3, -0.25) is 0 Å². The Kier molecular flexibility index (Phi) is 5.15. The van der Waals surface area contributed by atoms with Gasteiger partial charge < -0.3 is 14.5 Å². The van der Waals surface area contributed by atoms with Crippen molar-refractivity contribution in [3.8, 4) is 0 Å². The van der Waals surface area contributed by atoms with Gasteiger partial charge in [-0.1, -0.05) is 18.2 Å². The summed E-state index contributed by atoms with van der Waals surface area (Å²) in [5.41, 5.74) is 1.65. The zero-order chi connectivity index (χ0) is 14.5. The molecule has 1 unspecified atom stereocenters. The Morgan fingerprint density at radius 3 is 2.55 bits per heavy atom. The second kappa shape index (κ2) is 6.86. The van der Waals surface area contributed by atoms with Gasteiger partial charge in [0.05, 0.1) is 12.6 Å². The number of aryl methyl sites for hydroxylation is 1. The summed E-state index contributed by atoms with van der Waals surface area (Å²) in [7, 11) is 2.23. The Morgan fingerprint density at radius 2 is 1.90 bits per heavy atom. The predicted molar refractivity (Wildman–Crippen MR) is 78.2 cm³/mol. The average Bonchev–Trinajstić information content (AvgIpc) is 2.41. The van der Waals surface area contributed by atoms with Crippen molar-refractivity contribution in [2.45, 2.75) is 20.0 Å². The first-order valence-corrected chi connectivity index (χ1v) is 7.47. The molecule has 1 fully saturated rings. The van der Waals surface area contributed by atoms with Crippen LogP contribution in [0.25, 0.3) is 0 Å². The third-order valence-corrected chi connectivity index (χ3v) is 4.06. The molecule has 0 aliphatic carbocycles. The number of ether oxygens (including phenoxy) is 1. The van der Waals surface area contributed by atoms with Crippen molar-refractivity contribution < 1.29 is 19.3 Å². The maximum atomic E-state index is 12.1. The number of benzene rings is 1. The van der Waals surface area contributed by atoms with Gasteiger partial charge in [0.25, 0.3) is 0 Å². The first kappa shape index (κ1) is 15.0. The Morgan fingerprint density at radius 1 is 1.25 bits per heavy atom. The van der Waals surface area contributed by atoms with Crippen LogP contribution in [-0.2, 0) is 4.74 Å². The summed E-state index contributed by atoms with van der Waals surface area (Å²) in [6, 6.07) is 7.58. The molecule has 1 aliphatic rings. The number of carbonyl (C=O) groups is 1. The minimum absolute atomic E-state index is 0.0319. The van der Waals surface area contributed by atoms with Gasteiger partial charge in [-0.15, -0.1) is 0 Å². The van der Waals surface area contributed by atoms with Crippen molar-refractivity contribution in [2.75, 3.05) is 39.8 Å².